The van der Waals surface area contributed by atoms with E-state index in [9.17, 15) is 0 Å². The number of hydrogen-bond donors (Lipinski definition) is 2. The zero-order valence-corrected chi connectivity index (χ0v) is 13.7. The molecule has 0 bridgehead atoms. The second-order valence-electron chi connectivity index (χ2n) is 4.86. The van der Waals surface area contributed by atoms with E-state index in [2.05, 4.69) is 45.2 Å². The van der Waals surface area contributed by atoms with E-state index >= 15 is 0 Å². The molecule has 1 aromatic heterocycles. The van der Waals surface area contributed by atoms with E-state index in [1.54, 1.807) is 0 Å². The van der Waals surface area contributed by atoms with Crippen LogP contribution in [0.4, 0.5) is 5.82 Å². The summed E-state index contributed by atoms with van der Waals surface area (Å²) in [6.07, 6.45) is 0. The van der Waals surface area contributed by atoms with Gasteiger partial charge in [0.2, 0.25) is 0 Å². The second-order valence-corrected chi connectivity index (χ2v) is 6.12. The Morgan fingerprint density at radius 2 is 1.95 bits per heavy atom. The molecule has 0 saturated heterocycles. The van der Waals surface area contributed by atoms with Crippen molar-refractivity contribution in [2.24, 2.45) is 0 Å². The van der Waals surface area contributed by atoms with E-state index in [4.69, 9.17) is 17.3 Å². The van der Waals surface area contributed by atoms with Gasteiger partial charge in [0, 0.05) is 10.0 Å². The van der Waals surface area contributed by atoms with Crippen LogP contribution in [0.2, 0.25) is 5.02 Å². The van der Waals surface area contributed by atoms with Gasteiger partial charge in [-0.25, -0.2) is 0 Å². The fourth-order valence-corrected chi connectivity index (χ4v) is 2.74. The van der Waals surface area contributed by atoms with Crippen LogP contribution in [0.5, 0.6) is 0 Å². The Balaban J connectivity index is 2.19. The minimum absolute atomic E-state index is 0.481. The number of H-pyrrole nitrogens is 1. The Labute approximate surface area is 136 Å². The van der Waals surface area contributed by atoms with Gasteiger partial charge in [0.25, 0.3) is 0 Å². The molecule has 0 fully saturated rings. The average molecular weight is 363 g/mol. The maximum atomic E-state index is 6.18. The fourth-order valence-electron chi connectivity index (χ4n) is 2.31. The van der Waals surface area contributed by atoms with Gasteiger partial charge >= 0.3 is 0 Å². The lowest BCUT2D eigenvalue weighted by Crippen LogP contribution is -1.89. The van der Waals surface area contributed by atoms with Crippen LogP contribution in [0.25, 0.3) is 22.4 Å². The molecule has 0 atom stereocenters. The summed E-state index contributed by atoms with van der Waals surface area (Å²) in [5, 5.41) is 7.80. The van der Waals surface area contributed by atoms with Crippen molar-refractivity contribution in [2.75, 3.05) is 5.73 Å². The Bertz CT molecular complexity index is 811. The molecular formula is C16H13BrClN3. The number of rotatable bonds is 2. The van der Waals surface area contributed by atoms with Crippen molar-refractivity contribution in [3.8, 4) is 22.4 Å². The predicted molar refractivity (Wildman–Crippen MR) is 91.3 cm³/mol. The quantitative estimate of drug-likeness (QED) is 0.670. The molecule has 1 heterocycles. The van der Waals surface area contributed by atoms with Gasteiger partial charge in [0.1, 0.15) is 0 Å². The number of benzene rings is 2. The maximum Gasteiger partial charge on any atom is 0.153 e. The van der Waals surface area contributed by atoms with Crippen molar-refractivity contribution in [3.63, 3.8) is 0 Å². The zero-order valence-electron chi connectivity index (χ0n) is 11.3. The zero-order chi connectivity index (χ0) is 15.0. The second kappa shape index (κ2) is 5.54. The standard InChI is InChI=1S/C16H13BrClN3/c1-9-3-2-4-10(7-9)14-15(20-21-16(14)19)11-5-6-12(17)13(18)8-11/h2-8H,1H3,(H3,19,20,21). The van der Waals surface area contributed by atoms with E-state index in [1.807, 2.05) is 30.3 Å². The summed E-state index contributed by atoms with van der Waals surface area (Å²) in [5.74, 6) is 0.481. The van der Waals surface area contributed by atoms with Crippen LogP contribution in [0.1, 0.15) is 5.56 Å². The minimum atomic E-state index is 0.481. The Morgan fingerprint density at radius 1 is 1.14 bits per heavy atom. The normalized spacial score (nSPS) is 10.8. The van der Waals surface area contributed by atoms with Gasteiger partial charge < -0.3 is 5.73 Å². The van der Waals surface area contributed by atoms with E-state index in [1.165, 1.54) is 5.56 Å². The van der Waals surface area contributed by atoms with E-state index in [0.717, 1.165) is 26.9 Å². The molecule has 106 valence electrons. The Morgan fingerprint density at radius 3 is 2.67 bits per heavy atom. The molecule has 0 aliphatic heterocycles. The molecule has 0 radical (unpaired) electrons. The van der Waals surface area contributed by atoms with E-state index in [-0.39, 0.29) is 0 Å². The van der Waals surface area contributed by atoms with Gasteiger partial charge in [-0.15, -0.1) is 0 Å². The minimum Gasteiger partial charge on any atom is -0.382 e. The molecule has 2 aromatic carbocycles. The topological polar surface area (TPSA) is 54.7 Å². The molecule has 0 unspecified atom stereocenters. The smallest absolute Gasteiger partial charge is 0.153 e. The fraction of sp³-hybridized carbons (Fsp3) is 0.0625. The highest BCUT2D eigenvalue weighted by molar-refractivity contribution is 9.10. The highest BCUT2D eigenvalue weighted by atomic mass is 79.9. The lowest BCUT2D eigenvalue weighted by molar-refractivity contribution is 1.10. The number of anilines is 1. The summed E-state index contributed by atoms with van der Waals surface area (Å²) < 4.78 is 0.859. The molecule has 0 saturated carbocycles. The SMILES string of the molecule is Cc1cccc(-c2c(N)n[nH]c2-c2ccc(Br)c(Cl)c2)c1. The first-order valence-corrected chi connectivity index (χ1v) is 7.59. The average Bonchev–Trinajstić information content (AvgIpc) is 2.84. The summed E-state index contributed by atoms with van der Waals surface area (Å²) >= 11 is 9.58. The highest BCUT2D eigenvalue weighted by Gasteiger charge is 2.15. The molecule has 3 nitrogen and oxygen atoms in total. The number of aromatic amines is 1. The third-order valence-corrected chi connectivity index (χ3v) is 4.54. The lowest BCUT2D eigenvalue weighted by Gasteiger charge is -2.07. The summed E-state index contributed by atoms with van der Waals surface area (Å²) in [7, 11) is 0. The van der Waals surface area contributed by atoms with Crippen molar-refractivity contribution in [1.29, 1.82) is 0 Å². The number of nitrogens with two attached hydrogens (primary N) is 1. The molecule has 0 amide bonds. The van der Waals surface area contributed by atoms with Crippen LogP contribution >= 0.6 is 27.5 Å². The van der Waals surface area contributed by atoms with Gasteiger partial charge in [-0.2, -0.15) is 5.10 Å². The highest BCUT2D eigenvalue weighted by Crippen LogP contribution is 2.37. The van der Waals surface area contributed by atoms with Gasteiger partial charge in [-0.1, -0.05) is 47.5 Å². The van der Waals surface area contributed by atoms with E-state index in [0.29, 0.717) is 10.8 Å². The molecule has 3 aromatic rings. The first-order chi connectivity index (χ1) is 10.1. The van der Waals surface area contributed by atoms with Crippen molar-refractivity contribution in [3.05, 3.63) is 57.5 Å². The summed E-state index contributed by atoms with van der Waals surface area (Å²) in [6.45, 7) is 2.05. The van der Waals surface area contributed by atoms with Gasteiger partial charge in [0.05, 0.1) is 16.3 Å². The maximum absolute atomic E-state index is 6.18. The van der Waals surface area contributed by atoms with Crippen LogP contribution in [0.15, 0.2) is 46.9 Å². The monoisotopic (exact) mass is 361 g/mol. The predicted octanol–water partition coefficient (Wildman–Crippen LogP) is 5.05. The summed E-state index contributed by atoms with van der Waals surface area (Å²) in [4.78, 5) is 0. The van der Waals surface area contributed by atoms with Gasteiger partial charge in [-0.05, 0) is 40.5 Å². The molecule has 0 aliphatic carbocycles. The lowest BCUT2D eigenvalue weighted by atomic mass is 9.99. The van der Waals surface area contributed by atoms with Crippen molar-refractivity contribution < 1.29 is 0 Å². The Hall–Kier alpha value is -1.78. The summed E-state index contributed by atoms with van der Waals surface area (Å²) in [6, 6.07) is 13.9. The third-order valence-electron chi connectivity index (χ3n) is 3.31. The summed E-state index contributed by atoms with van der Waals surface area (Å²) in [5.41, 5.74) is 11.0. The first kappa shape index (κ1) is 14.2. The molecular weight excluding hydrogens is 350 g/mol. The third kappa shape index (κ3) is 2.69. The molecule has 5 heteroatoms. The van der Waals surface area contributed by atoms with Crippen LogP contribution in [0, 0.1) is 6.92 Å². The number of hydrogen-bond acceptors (Lipinski definition) is 2. The number of nitrogen functional groups attached to an aromatic ring is 1. The largest absolute Gasteiger partial charge is 0.382 e. The van der Waals surface area contributed by atoms with Gasteiger partial charge in [0.15, 0.2) is 5.82 Å². The van der Waals surface area contributed by atoms with Crippen LogP contribution in [-0.2, 0) is 0 Å². The van der Waals surface area contributed by atoms with Crippen LogP contribution in [-0.4, -0.2) is 10.2 Å². The van der Waals surface area contributed by atoms with Crippen LogP contribution in [0.3, 0.4) is 0 Å². The number of aryl methyl sites for hydroxylation is 1. The van der Waals surface area contributed by atoms with Gasteiger partial charge in [-0.3, -0.25) is 5.10 Å². The molecule has 3 N–H and O–H groups in total. The molecule has 3 rings (SSSR count). The molecule has 21 heavy (non-hydrogen) atoms. The van der Waals surface area contributed by atoms with E-state index < -0.39 is 0 Å². The number of halogens is 2. The molecule has 0 aliphatic rings. The Kier molecular flexibility index (Phi) is 3.74. The number of aromatic nitrogens is 2. The number of nitrogens with zero attached hydrogens (tertiary/aromatic N) is 1. The molecule has 0 spiro atoms. The van der Waals surface area contributed by atoms with Crippen molar-refractivity contribution in [2.45, 2.75) is 6.92 Å². The first-order valence-electron chi connectivity index (χ1n) is 6.42. The van der Waals surface area contributed by atoms with Crippen molar-refractivity contribution >= 4 is 33.3 Å². The number of nitrogens with one attached hydrogen (secondary N) is 1. The van der Waals surface area contributed by atoms with Crippen LogP contribution < -0.4 is 5.73 Å². The van der Waals surface area contributed by atoms with Crippen molar-refractivity contribution in [1.82, 2.24) is 10.2 Å².